The summed E-state index contributed by atoms with van der Waals surface area (Å²) < 4.78 is 6.25. The van der Waals surface area contributed by atoms with Crippen LogP contribution in [0.5, 0.6) is 0 Å². The molecule has 1 rings (SSSR count). The lowest BCUT2D eigenvalue weighted by atomic mass is 10.2. The summed E-state index contributed by atoms with van der Waals surface area (Å²) in [6.45, 7) is 7.27. The highest BCUT2D eigenvalue weighted by Crippen LogP contribution is 2.25. The molecule has 0 saturated carbocycles. The van der Waals surface area contributed by atoms with Crippen molar-refractivity contribution in [3.05, 3.63) is 28.2 Å². The molecular weight excluding hydrogens is 322 g/mol. The molecule has 0 fully saturated rings. The highest BCUT2D eigenvalue weighted by Gasteiger charge is 2.03. The SMILES string of the molecule is COCCCSc1ccc(CNCC(C)C)c(Br)c1. The molecule has 0 atom stereocenters. The molecule has 19 heavy (non-hydrogen) atoms. The Labute approximate surface area is 129 Å². The Bertz CT molecular complexity index is 371. The van der Waals surface area contributed by atoms with E-state index >= 15 is 0 Å². The molecule has 0 radical (unpaired) electrons. The van der Waals surface area contributed by atoms with Gasteiger partial charge in [0.1, 0.15) is 0 Å². The first-order chi connectivity index (χ1) is 9.13. The van der Waals surface area contributed by atoms with Crippen LogP contribution in [0, 0.1) is 5.92 Å². The first kappa shape index (κ1) is 17.0. The fraction of sp³-hybridized carbons (Fsp3) is 0.600. The lowest BCUT2D eigenvalue weighted by Crippen LogP contribution is -2.19. The summed E-state index contributed by atoms with van der Waals surface area (Å²) >= 11 is 5.54. The zero-order valence-electron chi connectivity index (χ0n) is 12.0. The normalized spacial score (nSPS) is 11.2. The summed E-state index contributed by atoms with van der Waals surface area (Å²) in [6, 6.07) is 6.62. The highest BCUT2D eigenvalue weighted by molar-refractivity contribution is 9.10. The second-order valence-electron chi connectivity index (χ2n) is 4.97. The summed E-state index contributed by atoms with van der Waals surface area (Å²) in [4.78, 5) is 1.32. The lowest BCUT2D eigenvalue weighted by Gasteiger charge is -2.10. The predicted octanol–water partition coefficient (Wildman–Crippen LogP) is 4.32. The van der Waals surface area contributed by atoms with Gasteiger partial charge in [0.05, 0.1) is 0 Å². The molecule has 108 valence electrons. The Morgan fingerprint density at radius 2 is 2.16 bits per heavy atom. The van der Waals surface area contributed by atoms with Crippen LogP contribution >= 0.6 is 27.7 Å². The van der Waals surface area contributed by atoms with E-state index in [1.165, 1.54) is 14.9 Å². The standard InChI is InChI=1S/C15H24BrNOS/c1-12(2)10-17-11-13-5-6-14(9-15(13)16)19-8-4-7-18-3/h5-6,9,12,17H,4,7-8,10-11H2,1-3H3. The first-order valence-corrected chi connectivity index (χ1v) is 8.52. The zero-order valence-corrected chi connectivity index (χ0v) is 14.4. The van der Waals surface area contributed by atoms with Gasteiger partial charge in [0.25, 0.3) is 0 Å². The minimum atomic E-state index is 0.689. The molecule has 4 heteroatoms. The van der Waals surface area contributed by atoms with E-state index in [0.29, 0.717) is 5.92 Å². The molecule has 0 amide bonds. The van der Waals surface area contributed by atoms with Crippen LogP contribution < -0.4 is 5.32 Å². The molecule has 0 aliphatic carbocycles. The molecule has 0 aliphatic heterocycles. The van der Waals surface area contributed by atoms with Crippen LogP contribution in [0.2, 0.25) is 0 Å². The van der Waals surface area contributed by atoms with E-state index in [1.54, 1.807) is 7.11 Å². The average molecular weight is 346 g/mol. The van der Waals surface area contributed by atoms with Crippen molar-refractivity contribution in [2.24, 2.45) is 5.92 Å². The number of thioether (sulfide) groups is 1. The largest absolute Gasteiger partial charge is 0.385 e. The van der Waals surface area contributed by atoms with Crippen molar-refractivity contribution < 1.29 is 4.74 Å². The van der Waals surface area contributed by atoms with Crippen molar-refractivity contribution in [1.82, 2.24) is 5.32 Å². The molecule has 0 spiro atoms. The van der Waals surface area contributed by atoms with Crippen molar-refractivity contribution in [2.75, 3.05) is 26.0 Å². The number of ether oxygens (including phenoxy) is 1. The van der Waals surface area contributed by atoms with Gasteiger partial charge in [0, 0.05) is 35.4 Å². The van der Waals surface area contributed by atoms with Crippen molar-refractivity contribution in [2.45, 2.75) is 31.7 Å². The molecule has 2 nitrogen and oxygen atoms in total. The topological polar surface area (TPSA) is 21.3 Å². The lowest BCUT2D eigenvalue weighted by molar-refractivity contribution is 0.200. The van der Waals surface area contributed by atoms with Crippen LogP contribution in [0.4, 0.5) is 0 Å². The number of hydrogen-bond acceptors (Lipinski definition) is 3. The van der Waals surface area contributed by atoms with Crippen LogP contribution in [-0.4, -0.2) is 26.0 Å². The van der Waals surface area contributed by atoms with Crippen LogP contribution in [0.1, 0.15) is 25.8 Å². The first-order valence-electron chi connectivity index (χ1n) is 6.74. The van der Waals surface area contributed by atoms with Crippen molar-refractivity contribution in [1.29, 1.82) is 0 Å². The number of halogens is 1. The van der Waals surface area contributed by atoms with E-state index < -0.39 is 0 Å². The van der Waals surface area contributed by atoms with Gasteiger partial charge in [-0.15, -0.1) is 11.8 Å². The van der Waals surface area contributed by atoms with E-state index in [1.807, 2.05) is 11.8 Å². The molecule has 0 aromatic heterocycles. The third kappa shape index (κ3) is 7.35. The average Bonchev–Trinajstić information content (AvgIpc) is 2.37. The van der Waals surface area contributed by atoms with Gasteiger partial charge in [-0.05, 0) is 36.6 Å². The minimum absolute atomic E-state index is 0.689. The van der Waals surface area contributed by atoms with Crippen LogP contribution in [0.25, 0.3) is 0 Å². The Hall–Kier alpha value is -0.0300. The molecule has 0 heterocycles. The quantitative estimate of drug-likeness (QED) is 0.531. The second-order valence-corrected chi connectivity index (χ2v) is 7.00. The van der Waals surface area contributed by atoms with Crippen molar-refractivity contribution in [3.63, 3.8) is 0 Å². The molecule has 0 saturated heterocycles. The maximum Gasteiger partial charge on any atom is 0.0470 e. The fourth-order valence-electron chi connectivity index (χ4n) is 1.65. The van der Waals surface area contributed by atoms with E-state index in [9.17, 15) is 0 Å². The number of hydrogen-bond donors (Lipinski definition) is 1. The van der Waals surface area contributed by atoms with E-state index in [-0.39, 0.29) is 0 Å². The summed E-state index contributed by atoms with van der Waals surface area (Å²) in [7, 11) is 1.75. The summed E-state index contributed by atoms with van der Waals surface area (Å²) in [5.74, 6) is 1.79. The molecule has 1 N–H and O–H groups in total. The fourth-order valence-corrected chi connectivity index (χ4v) is 3.18. The smallest absolute Gasteiger partial charge is 0.0470 e. The van der Waals surface area contributed by atoms with Crippen molar-refractivity contribution in [3.8, 4) is 0 Å². The molecule has 0 unspecified atom stereocenters. The van der Waals surface area contributed by atoms with Gasteiger partial charge in [-0.1, -0.05) is 35.8 Å². The number of rotatable bonds is 9. The Balaban J connectivity index is 2.40. The Morgan fingerprint density at radius 3 is 2.79 bits per heavy atom. The summed E-state index contributed by atoms with van der Waals surface area (Å²) in [5.41, 5.74) is 1.32. The zero-order chi connectivity index (χ0) is 14.1. The van der Waals surface area contributed by atoms with E-state index in [4.69, 9.17) is 4.74 Å². The third-order valence-corrected chi connectivity index (χ3v) is 4.47. The van der Waals surface area contributed by atoms with Crippen molar-refractivity contribution >= 4 is 27.7 Å². The molecule has 1 aromatic rings. The summed E-state index contributed by atoms with van der Waals surface area (Å²) in [5, 5.41) is 3.47. The maximum atomic E-state index is 5.06. The van der Waals surface area contributed by atoms with Gasteiger partial charge >= 0.3 is 0 Å². The van der Waals surface area contributed by atoms with Gasteiger partial charge < -0.3 is 10.1 Å². The predicted molar refractivity (Wildman–Crippen MR) is 87.9 cm³/mol. The van der Waals surface area contributed by atoms with E-state index in [0.717, 1.165) is 31.9 Å². The number of methoxy groups -OCH3 is 1. The number of nitrogens with one attached hydrogen (secondary N) is 1. The molecule has 1 aromatic carbocycles. The molecule has 0 bridgehead atoms. The highest BCUT2D eigenvalue weighted by atomic mass is 79.9. The maximum absolute atomic E-state index is 5.06. The van der Waals surface area contributed by atoms with Crippen LogP contribution in [0.15, 0.2) is 27.6 Å². The van der Waals surface area contributed by atoms with E-state index in [2.05, 4.69) is 53.3 Å². The Morgan fingerprint density at radius 1 is 1.37 bits per heavy atom. The van der Waals surface area contributed by atoms with Gasteiger partial charge in [0.15, 0.2) is 0 Å². The second kappa shape index (κ2) is 9.81. The van der Waals surface area contributed by atoms with Gasteiger partial charge in [0.2, 0.25) is 0 Å². The Kier molecular flexibility index (Phi) is 8.79. The van der Waals surface area contributed by atoms with Crippen LogP contribution in [-0.2, 0) is 11.3 Å². The minimum Gasteiger partial charge on any atom is -0.385 e. The monoisotopic (exact) mass is 345 g/mol. The third-order valence-electron chi connectivity index (χ3n) is 2.65. The molecule has 0 aliphatic rings. The van der Waals surface area contributed by atoms with Gasteiger partial charge in [-0.25, -0.2) is 0 Å². The number of benzene rings is 1. The van der Waals surface area contributed by atoms with Crippen LogP contribution in [0.3, 0.4) is 0 Å². The van der Waals surface area contributed by atoms with Gasteiger partial charge in [-0.3, -0.25) is 0 Å². The summed E-state index contributed by atoms with van der Waals surface area (Å²) in [6.07, 6.45) is 1.09. The molecular formula is C15H24BrNOS. The van der Waals surface area contributed by atoms with Gasteiger partial charge in [-0.2, -0.15) is 0 Å².